The summed E-state index contributed by atoms with van der Waals surface area (Å²) in [5.41, 5.74) is 0. The minimum atomic E-state index is 0.0859. The summed E-state index contributed by atoms with van der Waals surface area (Å²) in [5, 5.41) is 6.17. The Bertz CT molecular complexity index is 185. The summed E-state index contributed by atoms with van der Waals surface area (Å²) >= 11 is 0. The molecule has 0 spiro atoms. The third-order valence-corrected chi connectivity index (χ3v) is 2.71. The van der Waals surface area contributed by atoms with Crippen LogP contribution in [0.15, 0.2) is 0 Å². The molecule has 0 aromatic carbocycles. The summed E-state index contributed by atoms with van der Waals surface area (Å²) in [7, 11) is 0. The summed E-state index contributed by atoms with van der Waals surface area (Å²) in [5.74, 6) is 0. The Morgan fingerprint density at radius 2 is 2.20 bits per heavy atom. The summed E-state index contributed by atoms with van der Waals surface area (Å²) in [6.07, 6.45) is 5.18. The monoisotopic (exact) mass is 213 g/mol. The van der Waals surface area contributed by atoms with Crippen LogP contribution in [0.4, 0.5) is 4.79 Å². The van der Waals surface area contributed by atoms with Gasteiger partial charge in [0.15, 0.2) is 0 Å². The fourth-order valence-electron chi connectivity index (χ4n) is 1.74. The molecule has 1 heterocycles. The van der Waals surface area contributed by atoms with Crippen LogP contribution in [-0.2, 0) is 0 Å². The van der Waals surface area contributed by atoms with Crippen molar-refractivity contribution in [2.45, 2.75) is 32.6 Å². The van der Waals surface area contributed by atoms with Crippen molar-refractivity contribution < 1.29 is 4.79 Å². The summed E-state index contributed by atoms with van der Waals surface area (Å²) in [6, 6.07) is 0.0859. The third kappa shape index (κ3) is 5.02. The molecule has 4 heteroatoms. The van der Waals surface area contributed by atoms with Crippen molar-refractivity contribution in [3.63, 3.8) is 0 Å². The molecule has 88 valence electrons. The van der Waals surface area contributed by atoms with Crippen molar-refractivity contribution in [2.75, 3.05) is 32.7 Å². The maximum absolute atomic E-state index is 11.2. The maximum atomic E-state index is 11.2. The average Bonchev–Trinajstić information content (AvgIpc) is 2.63. The van der Waals surface area contributed by atoms with Gasteiger partial charge in [0.1, 0.15) is 0 Å². The Balaban J connectivity index is 1.86. The number of hydrogen-bond acceptors (Lipinski definition) is 2. The van der Waals surface area contributed by atoms with Gasteiger partial charge in [-0.15, -0.1) is 0 Å². The highest BCUT2D eigenvalue weighted by molar-refractivity contribution is 5.76. The lowest BCUT2D eigenvalue weighted by Gasteiger charge is -2.14. The predicted molar refractivity (Wildman–Crippen MR) is 62.0 cm³/mol. The summed E-state index contributed by atoms with van der Waals surface area (Å²) < 4.78 is 0. The molecule has 0 aliphatic carbocycles. The first-order chi connectivity index (χ1) is 7.34. The number of urea groups is 1. The predicted octanol–water partition coefficient (Wildman–Crippen LogP) is 1.18. The van der Waals surface area contributed by atoms with Crippen molar-refractivity contribution >= 4 is 6.03 Å². The third-order valence-electron chi connectivity index (χ3n) is 2.71. The topological polar surface area (TPSA) is 44.4 Å². The first-order valence-electron chi connectivity index (χ1n) is 6.08. The van der Waals surface area contributed by atoms with E-state index in [9.17, 15) is 4.79 Å². The van der Waals surface area contributed by atoms with Crippen molar-refractivity contribution in [3.8, 4) is 0 Å². The molecule has 2 amide bonds. The van der Waals surface area contributed by atoms with Crippen LogP contribution in [0, 0.1) is 0 Å². The quantitative estimate of drug-likeness (QED) is 0.595. The minimum Gasteiger partial charge on any atom is -0.336 e. The van der Waals surface area contributed by atoms with Crippen LogP contribution in [0.3, 0.4) is 0 Å². The fourth-order valence-corrected chi connectivity index (χ4v) is 1.74. The van der Waals surface area contributed by atoms with Gasteiger partial charge in [0.2, 0.25) is 0 Å². The number of nitrogens with one attached hydrogen (secondary N) is 2. The SMILES string of the molecule is CCCCCCNCCN1CCNC1=O. The number of nitrogens with zero attached hydrogens (tertiary/aromatic N) is 1. The lowest BCUT2D eigenvalue weighted by molar-refractivity contribution is 0.217. The second kappa shape index (κ2) is 7.51. The van der Waals surface area contributed by atoms with Crippen molar-refractivity contribution in [1.29, 1.82) is 0 Å². The molecule has 15 heavy (non-hydrogen) atoms. The molecule has 1 fully saturated rings. The highest BCUT2D eigenvalue weighted by atomic mass is 16.2. The lowest BCUT2D eigenvalue weighted by atomic mass is 10.2. The van der Waals surface area contributed by atoms with E-state index >= 15 is 0 Å². The van der Waals surface area contributed by atoms with Gasteiger partial charge in [-0.3, -0.25) is 0 Å². The zero-order chi connectivity index (χ0) is 10.9. The zero-order valence-corrected chi connectivity index (χ0v) is 9.72. The van der Waals surface area contributed by atoms with Gasteiger partial charge in [-0.1, -0.05) is 26.2 Å². The lowest BCUT2D eigenvalue weighted by Crippen LogP contribution is -2.34. The van der Waals surface area contributed by atoms with E-state index in [2.05, 4.69) is 17.6 Å². The van der Waals surface area contributed by atoms with E-state index in [0.717, 1.165) is 32.7 Å². The van der Waals surface area contributed by atoms with Gasteiger partial charge in [0.05, 0.1) is 0 Å². The van der Waals surface area contributed by atoms with Crippen molar-refractivity contribution in [3.05, 3.63) is 0 Å². The first kappa shape index (κ1) is 12.3. The van der Waals surface area contributed by atoms with Gasteiger partial charge in [0.25, 0.3) is 0 Å². The van der Waals surface area contributed by atoms with E-state index in [1.165, 1.54) is 25.7 Å². The van der Waals surface area contributed by atoms with E-state index in [1.807, 2.05) is 4.90 Å². The van der Waals surface area contributed by atoms with Gasteiger partial charge in [-0.25, -0.2) is 4.79 Å². The summed E-state index contributed by atoms with van der Waals surface area (Å²) in [4.78, 5) is 13.0. The van der Waals surface area contributed by atoms with E-state index < -0.39 is 0 Å². The highest BCUT2D eigenvalue weighted by Gasteiger charge is 2.17. The minimum absolute atomic E-state index is 0.0859. The Morgan fingerprint density at radius 3 is 2.87 bits per heavy atom. The van der Waals surface area contributed by atoms with Gasteiger partial charge < -0.3 is 15.5 Å². The standard InChI is InChI=1S/C11H23N3O/c1-2-3-4-5-6-12-7-9-14-10-8-13-11(14)15/h12H,2-10H2,1H3,(H,13,15). The largest absolute Gasteiger partial charge is 0.336 e. The number of hydrogen-bond donors (Lipinski definition) is 2. The average molecular weight is 213 g/mol. The van der Waals surface area contributed by atoms with Gasteiger partial charge >= 0.3 is 6.03 Å². The molecule has 1 aliphatic rings. The van der Waals surface area contributed by atoms with Crippen LogP contribution in [0.25, 0.3) is 0 Å². The molecule has 1 saturated heterocycles. The van der Waals surface area contributed by atoms with Gasteiger partial charge in [-0.05, 0) is 13.0 Å². The van der Waals surface area contributed by atoms with Crippen LogP contribution in [-0.4, -0.2) is 43.7 Å². The molecule has 0 atom stereocenters. The Kier molecular flexibility index (Phi) is 6.16. The van der Waals surface area contributed by atoms with Crippen LogP contribution >= 0.6 is 0 Å². The second-order valence-electron chi connectivity index (χ2n) is 4.03. The molecule has 0 aromatic heterocycles. The maximum Gasteiger partial charge on any atom is 0.317 e. The number of unbranched alkanes of at least 4 members (excludes halogenated alkanes) is 3. The normalized spacial score (nSPS) is 15.8. The van der Waals surface area contributed by atoms with E-state index in [-0.39, 0.29) is 6.03 Å². The number of rotatable bonds is 8. The second-order valence-corrected chi connectivity index (χ2v) is 4.03. The molecule has 2 N–H and O–H groups in total. The smallest absolute Gasteiger partial charge is 0.317 e. The molecule has 0 aromatic rings. The molecule has 1 aliphatic heterocycles. The number of carbonyl (C=O) groups is 1. The summed E-state index contributed by atoms with van der Waals surface area (Å²) in [6.45, 7) is 6.71. The zero-order valence-electron chi connectivity index (χ0n) is 9.72. The molecular weight excluding hydrogens is 190 g/mol. The van der Waals surface area contributed by atoms with Crippen LogP contribution in [0.2, 0.25) is 0 Å². The van der Waals surface area contributed by atoms with Crippen LogP contribution in [0.5, 0.6) is 0 Å². The number of carbonyl (C=O) groups excluding carboxylic acids is 1. The Hall–Kier alpha value is -0.770. The van der Waals surface area contributed by atoms with E-state index in [1.54, 1.807) is 0 Å². The van der Waals surface area contributed by atoms with Crippen molar-refractivity contribution in [2.24, 2.45) is 0 Å². The fraction of sp³-hybridized carbons (Fsp3) is 0.909. The molecule has 1 rings (SSSR count). The highest BCUT2D eigenvalue weighted by Crippen LogP contribution is 1.97. The molecule has 0 unspecified atom stereocenters. The molecule has 4 nitrogen and oxygen atoms in total. The molecule has 0 bridgehead atoms. The van der Waals surface area contributed by atoms with Crippen molar-refractivity contribution in [1.82, 2.24) is 15.5 Å². The van der Waals surface area contributed by atoms with Gasteiger partial charge in [0, 0.05) is 26.2 Å². The number of amides is 2. The molecular formula is C11H23N3O. The molecule has 0 saturated carbocycles. The van der Waals surface area contributed by atoms with Crippen LogP contribution in [0.1, 0.15) is 32.6 Å². The first-order valence-corrected chi connectivity index (χ1v) is 6.08. The molecule has 0 radical (unpaired) electrons. The van der Waals surface area contributed by atoms with E-state index in [0.29, 0.717) is 0 Å². The van der Waals surface area contributed by atoms with E-state index in [4.69, 9.17) is 0 Å². The van der Waals surface area contributed by atoms with Crippen LogP contribution < -0.4 is 10.6 Å². The van der Waals surface area contributed by atoms with Gasteiger partial charge in [-0.2, -0.15) is 0 Å². The Morgan fingerprint density at radius 1 is 1.33 bits per heavy atom. The Labute approximate surface area is 92.4 Å².